The van der Waals surface area contributed by atoms with Crippen LogP contribution in [-0.2, 0) is 6.42 Å². The van der Waals surface area contributed by atoms with Crippen molar-refractivity contribution >= 4 is 10.8 Å². The Morgan fingerprint density at radius 3 is 2.31 bits per heavy atom. The minimum atomic E-state index is -0.288. The Balaban J connectivity index is 2.08. The summed E-state index contributed by atoms with van der Waals surface area (Å²) in [6.45, 7) is 2.05. The summed E-state index contributed by atoms with van der Waals surface area (Å²) in [7, 11) is 0. The van der Waals surface area contributed by atoms with Gasteiger partial charge in [-0.3, -0.25) is 9.36 Å². The number of rotatable bonds is 3. The van der Waals surface area contributed by atoms with Crippen LogP contribution >= 0.6 is 0 Å². The van der Waals surface area contributed by atoms with E-state index >= 15 is 0 Å². The van der Waals surface area contributed by atoms with Crippen LogP contribution in [0.25, 0.3) is 27.6 Å². The molecule has 2 nitrogen and oxygen atoms in total. The molecule has 1 heterocycles. The molecule has 128 valence electrons. The summed E-state index contributed by atoms with van der Waals surface area (Å²) >= 11 is 0. The smallest absolute Gasteiger partial charge is 0.263 e. The number of nitrogens with zero attached hydrogens (tertiary/aromatic N) is 1. The van der Waals surface area contributed by atoms with Crippen LogP contribution in [0, 0.1) is 5.82 Å². The third-order valence-electron chi connectivity index (χ3n) is 4.65. The van der Waals surface area contributed by atoms with Gasteiger partial charge in [-0.05, 0) is 53.3 Å². The zero-order valence-electron chi connectivity index (χ0n) is 14.4. The highest BCUT2D eigenvalue weighted by molar-refractivity contribution is 5.96. The minimum Gasteiger partial charge on any atom is -0.281 e. The number of pyridine rings is 1. The average Bonchev–Trinajstić information content (AvgIpc) is 2.68. The summed E-state index contributed by atoms with van der Waals surface area (Å²) in [5.74, 6) is -0.288. The Kier molecular flexibility index (Phi) is 4.13. The Morgan fingerprint density at radius 1 is 0.885 bits per heavy atom. The molecule has 3 aromatic carbocycles. The average molecular weight is 343 g/mol. The minimum absolute atomic E-state index is 0.0505. The highest BCUT2D eigenvalue weighted by Crippen LogP contribution is 2.28. The highest BCUT2D eigenvalue weighted by Gasteiger charge is 2.14. The lowest BCUT2D eigenvalue weighted by molar-refractivity contribution is 0.628. The molecule has 0 fully saturated rings. The van der Waals surface area contributed by atoms with Crippen LogP contribution in [0.3, 0.4) is 0 Å². The first-order valence-corrected chi connectivity index (χ1v) is 8.68. The van der Waals surface area contributed by atoms with Crippen molar-refractivity contribution in [3.8, 4) is 16.8 Å². The van der Waals surface area contributed by atoms with E-state index in [1.807, 2.05) is 55.5 Å². The molecule has 3 heteroatoms. The van der Waals surface area contributed by atoms with E-state index in [0.29, 0.717) is 5.39 Å². The van der Waals surface area contributed by atoms with E-state index in [1.54, 1.807) is 16.7 Å². The topological polar surface area (TPSA) is 22.0 Å². The van der Waals surface area contributed by atoms with Gasteiger partial charge in [-0.25, -0.2) is 4.39 Å². The van der Waals surface area contributed by atoms with E-state index in [1.165, 1.54) is 12.1 Å². The fraction of sp³-hybridized carbons (Fsp3) is 0.0870. The molecule has 4 rings (SSSR count). The second-order valence-corrected chi connectivity index (χ2v) is 6.24. The molecule has 0 radical (unpaired) electrons. The third kappa shape index (κ3) is 2.72. The maximum absolute atomic E-state index is 13.5. The van der Waals surface area contributed by atoms with Gasteiger partial charge in [0.15, 0.2) is 0 Å². The summed E-state index contributed by atoms with van der Waals surface area (Å²) in [5, 5.41) is 1.56. The fourth-order valence-electron chi connectivity index (χ4n) is 3.41. The molecule has 0 amide bonds. The van der Waals surface area contributed by atoms with Gasteiger partial charge in [-0.1, -0.05) is 55.5 Å². The van der Waals surface area contributed by atoms with E-state index in [4.69, 9.17) is 0 Å². The first kappa shape index (κ1) is 16.3. The predicted molar refractivity (Wildman–Crippen MR) is 104 cm³/mol. The summed E-state index contributed by atoms with van der Waals surface area (Å²) in [4.78, 5) is 13.5. The lowest BCUT2D eigenvalue weighted by Gasteiger charge is -2.15. The summed E-state index contributed by atoms with van der Waals surface area (Å²) < 4.78 is 15.1. The number of hydrogen-bond donors (Lipinski definition) is 0. The Hall–Kier alpha value is -3.20. The first-order chi connectivity index (χ1) is 12.7. The first-order valence-electron chi connectivity index (χ1n) is 8.68. The van der Waals surface area contributed by atoms with E-state index < -0.39 is 0 Å². The number of fused-ring (bicyclic) bond motifs is 1. The SMILES string of the molecule is CCc1cc2cccc(-c3ccc(F)cc3)c2c(=O)n1-c1ccccc1. The van der Waals surface area contributed by atoms with Crippen molar-refractivity contribution in [1.29, 1.82) is 0 Å². The van der Waals surface area contributed by atoms with Crippen molar-refractivity contribution < 1.29 is 4.39 Å². The Labute approximate surface area is 151 Å². The molecule has 0 aliphatic carbocycles. The summed E-state index contributed by atoms with van der Waals surface area (Å²) in [6, 6.07) is 23.8. The van der Waals surface area contributed by atoms with Crippen LogP contribution in [0.5, 0.6) is 0 Å². The van der Waals surface area contributed by atoms with Gasteiger partial charge in [0.25, 0.3) is 5.56 Å². The molecule has 0 saturated heterocycles. The van der Waals surface area contributed by atoms with Gasteiger partial charge in [-0.15, -0.1) is 0 Å². The summed E-state index contributed by atoms with van der Waals surface area (Å²) in [6.07, 6.45) is 0.751. The van der Waals surface area contributed by atoms with Crippen molar-refractivity contribution in [1.82, 2.24) is 4.57 Å². The molecular formula is C23H18FNO. The van der Waals surface area contributed by atoms with Crippen LogP contribution in [-0.4, -0.2) is 4.57 Å². The highest BCUT2D eigenvalue weighted by atomic mass is 19.1. The Bertz CT molecular complexity index is 1130. The maximum Gasteiger partial charge on any atom is 0.263 e. The molecule has 0 saturated carbocycles. The molecular weight excluding hydrogens is 325 g/mol. The number of halogens is 1. The Morgan fingerprint density at radius 2 is 1.62 bits per heavy atom. The number of hydrogen-bond acceptors (Lipinski definition) is 1. The lowest BCUT2D eigenvalue weighted by Crippen LogP contribution is -2.22. The number of benzene rings is 3. The van der Waals surface area contributed by atoms with Crippen LogP contribution < -0.4 is 5.56 Å². The van der Waals surface area contributed by atoms with Crippen LogP contribution in [0.4, 0.5) is 4.39 Å². The zero-order valence-corrected chi connectivity index (χ0v) is 14.4. The molecule has 0 atom stereocenters. The predicted octanol–water partition coefficient (Wildman–Crippen LogP) is 5.36. The fourth-order valence-corrected chi connectivity index (χ4v) is 3.41. The third-order valence-corrected chi connectivity index (χ3v) is 4.65. The molecule has 0 N–H and O–H groups in total. The standard InChI is InChI=1S/C23H18FNO/c1-2-19-15-17-7-6-10-21(16-11-13-18(24)14-12-16)22(17)23(26)25(19)20-8-4-3-5-9-20/h3-15H,2H2,1H3. The van der Waals surface area contributed by atoms with Gasteiger partial charge in [0.1, 0.15) is 5.82 Å². The quantitative estimate of drug-likeness (QED) is 0.491. The van der Waals surface area contributed by atoms with Gasteiger partial charge in [0, 0.05) is 11.4 Å². The van der Waals surface area contributed by atoms with Gasteiger partial charge in [0.05, 0.1) is 5.39 Å². The largest absolute Gasteiger partial charge is 0.281 e. The number of para-hydroxylation sites is 1. The second kappa shape index (κ2) is 6.60. The van der Waals surface area contributed by atoms with E-state index in [0.717, 1.165) is 34.3 Å². The van der Waals surface area contributed by atoms with E-state index in [2.05, 4.69) is 6.07 Å². The van der Waals surface area contributed by atoms with Crippen molar-refractivity contribution in [3.05, 3.63) is 101 Å². The van der Waals surface area contributed by atoms with Crippen molar-refractivity contribution in [2.24, 2.45) is 0 Å². The van der Waals surface area contributed by atoms with Gasteiger partial charge >= 0.3 is 0 Å². The van der Waals surface area contributed by atoms with Crippen LogP contribution in [0.2, 0.25) is 0 Å². The molecule has 4 aromatic rings. The molecule has 0 spiro atoms. The number of aromatic nitrogens is 1. The number of aryl methyl sites for hydroxylation is 1. The lowest BCUT2D eigenvalue weighted by atomic mass is 9.98. The van der Waals surface area contributed by atoms with Crippen molar-refractivity contribution in [2.45, 2.75) is 13.3 Å². The maximum atomic E-state index is 13.5. The molecule has 26 heavy (non-hydrogen) atoms. The monoisotopic (exact) mass is 343 g/mol. The molecule has 0 aliphatic rings. The van der Waals surface area contributed by atoms with Crippen LogP contribution in [0.15, 0.2) is 83.7 Å². The van der Waals surface area contributed by atoms with Crippen LogP contribution in [0.1, 0.15) is 12.6 Å². The normalized spacial score (nSPS) is 11.0. The van der Waals surface area contributed by atoms with E-state index in [-0.39, 0.29) is 11.4 Å². The second-order valence-electron chi connectivity index (χ2n) is 6.24. The van der Waals surface area contributed by atoms with Gasteiger partial charge < -0.3 is 0 Å². The van der Waals surface area contributed by atoms with Gasteiger partial charge in [0.2, 0.25) is 0 Å². The van der Waals surface area contributed by atoms with Crippen molar-refractivity contribution in [3.63, 3.8) is 0 Å². The molecule has 0 aliphatic heterocycles. The molecule has 0 unspecified atom stereocenters. The zero-order chi connectivity index (χ0) is 18.1. The molecule has 1 aromatic heterocycles. The van der Waals surface area contributed by atoms with Crippen molar-refractivity contribution in [2.75, 3.05) is 0 Å². The van der Waals surface area contributed by atoms with Gasteiger partial charge in [-0.2, -0.15) is 0 Å². The summed E-state index contributed by atoms with van der Waals surface area (Å²) in [5.41, 5.74) is 3.42. The van der Waals surface area contributed by atoms with E-state index in [9.17, 15) is 9.18 Å². The molecule has 0 bridgehead atoms.